The van der Waals surface area contributed by atoms with E-state index in [1.807, 2.05) is 0 Å². The molecule has 0 amide bonds. The zero-order valence-electron chi connectivity index (χ0n) is 4.42. The van der Waals surface area contributed by atoms with Gasteiger partial charge in [-0.05, 0) is 18.7 Å². The van der Waals surface area contributed by atoms with Crippen LogP contribution in [0.3, 0.4) is 0 Å². The van der Waals surface area contributed by atoms with Crippen molar-refractivity contribution in [1.29, 1.82) is 0 Å². The summed E-state index contributed by atoms with van der Waals surface area (Å²) in [6, 6.07) is -0.222. The van der Waals surface area contributed by atoms with Crippen molar-refractivity contribution in [2.75, 3.05) is 0 Å². The van der Waals surface area contributed by atoms with E-state index in [-0.39, 0.29) is 11.2 Å². The van der Waals surface area contributed by atoms with E-state index in [1.165, 1.54) is 0 Å². The average molecular weight is 130 g/mol. The lowest BCUT2D eigenvalue weighted by molar-refractivity contribution is -0.111. The molecule has 0 spiro atoms. The van der Waals surface area contributed by atoms with E-state index < -0.39 is 0 Å². The van der Waals surface area contributed by atoms with E-state index in [0.717, 1.165) is 11.8 Å². The second-order valence-electron chi connectivity index (χ2n) is 1.56. The normalized spacial score (nSPS) is 28.4. The Morgan fingerprint density at radius 3 is 2.62 bits per heavy atom. The van der Waals surface area contributed by atoms with Gasteiger partial charge in [0.15, 0.2) is 5.17 Å². The summed E-state index contributed by atoms with van der Waals surface area (Å²) in [4.78, 5) is 14.3. The van der Waals surface area contributed by atoms with E-state index in [2.05, 4.69) is 4.99 Å². The van der Waals surface area contributed by atoms with Crippen molar-refractivity contribution in [2.45, 2.75) is 13.0 Å². The van der Waals surface area contributed by atoms with Gasteiger partial charge in [-0.15, -0.1) is 0 Å². The number of hydrogen-bond acceptors (Lipinski definition) is 4. The molecule has 0 aliphatic carbocycles. The topological polar surface area (TPSA) is 55.4 Å². The number of hydrogen-bond donors (Lipinski definition) is 1. The van der Waals surface area contributed by atoms with Crippen LogP contribution in [0.25, 0.3) is 0 Å². The molecule has 0 bridgehead atoms. The lowest BCUT2D eigenvalue weighted by Gasteiger charge is -1.86. The standard InChI is InChI=1S/C4H6N2OS/c1-2-3(7)8-4(5)6-2/h2H,1H3,(H2,5,6). The molecule has 1 aliphatic rings. The first-order valence-electron chi connectivity index (χ1n) is 2.25. The minimum Gasteiger partial charge on any atom is -0.378 e. The third-order valence-electron chi connectivity index (χ3n) is 0.867. The van der Waals surface area contributed by atoms with Gasteiger partial charge in [-0.2, -0.15) is 0 Å². The maximum Gasteiger partial charge on any atom is 0.220 e. The smallest absolute Gasteiger partial charge is 0.220 e. The summed E-state index contributed by atoms with van der Waals surface area (Å²) in [5, 5.41) is 0.435. The molecule has 2 N–H and O–H groups in total. The van der Waals surface area contributed by atoms with Crippen LogP contribution in [0.5, 0.6) is 0 Å². The zero-order chi connectivity index (χ0) is 6.15. The van der Waals surface area contributed by atoms with Crippen LogP contribution in [-0.2, 0) is 4.79 Å². The number of carbonyl (C=O) groups excluding carboxylic acids is 1. The summed E-state index contributed by atoms with van der Waals surface area (Å²) in [6.45, 7) is 1.73. The number of rotatable bonds is 0. The van der Waals surface area contributed by atoms with E-state index in [1.54, 1.807) is 6.92 Å². The van der Waals surface area contributed by atoms with Gasteiger partial charge in [-0.1, -0.05) is 0 Å². The number of carbonyl (C=O) groups is 1. The monoisotopic (exact) mass is 130 g/mol. The lowest BCUT2D eigenvalue weighted by Crippen LogP contribution is -2.03. The number of aliphatic imine (C=N–C) groups is 1. The van der Waals surface area contributed by atoms with Crippen LogP contribution < -0.4 is 5.73 Å². The van der Waals surface area contributed by atoms with Crippen LogP contribution in [0.4, 0.5) is 0 Å². The van der Waals surface area contributed by atoms with Gasteiger partial charge in [0.25, 0.3) is 0 Å². The summed E-state index contributed by atoms with van der Waals surface area (Å²) in [5.41, 5.74) is 5.21. The third kappa shape index (κ3) is 0.838. The van der Waals surface area contributed by atoms with Crippen molar-refractivity contribution in [1.82, 2.24) is 0 Å². The molecule has 0 aromatic heterocycles. The highest BCUT2D eigenvalue weighted by Gasteiger charge is 2.20. The van der Waals surface area contributed by atoms with Crippen molar-refractivity contribution >= 4 is 22.0 Å². The Kier molecular flexibility index (Phi) is 1.25. The van der Waals surface area contributed by atoms with E-state index in [0.29, 0.717) is 5.17 Å². The second kappa shape index (κ2) is 1.78. The number of thioether (sulfide) groups is 1. The van der Waals surface area contributed by atoms with Gasteiger partial charge in [0.1, 0.15) is 6.04 Å². The largest absolute Gasteiger partial charge is 0.378 e. The van der Waals surface area contributed by atoms with Gasteiger partial charge in [0.05, 0.1) is 0 Å². The first-order valence-corrected chi connectivity index (χ1v) is 3.07. The Morgan fingerprint density at radius 1 is 1.88 bits per heavy atom. The molecule has 0 radical (unpaired) electrons. The molecule has 1 atom stereocenters. The van der Waals surface area contributed by atoms with Crippen molar-refractivity contribution in [3.05, 3.63) is 0 Å². The minimum atomic E-state index is -0.222. The predicted molar refractivity (Wildman–Crippen MR) is 33.7 cm³/mol. The zero-order valence-corrected chi connectivity index (χ0v) is 5.23. The van der Waals surface area contributed by atoms with Gasteiger partial charge in [0.2, 0.25) is 5.12 Å². The molecule has 8 heavy (non-hydrogen) atoms. The molecule has 1 aliphatic heterocycles. The molecule has 4 heteroatoms. The Balaban J connectivity index is 2.69. The van der Waals surface area contributed by atoms with Crippen molar-refractivity contribution in [2.24, 2.45) is 10.7 Å². The molecule has 0 aromatic carbocycles. The minimum absolute atomic E-state index is 0.0440. The molecular weight excluding hydrogens is 124 g/mol. The predicted octanol–water partition coefficient (Wildman–Crippen LogP) is -0.0370. The molecular formula is C4H6N2OS. The van der Waals surface area contributed by atoms with Crippen LogP contribution in [0, 0.1) is 0 Å². The summed E-state index contributed by atoms with van der Waals surface area (Å²) in [7, 11) is 0. The summed E-state index contributed by atoms with van der Waals surface area (Å²) in [5.74, 6) is 0. The molecule has 1 heterocycles. The van der Waals surface area contributed by atoms with Gasteiger partial charge in [-0.25, -0.2) is 0 Å². The van der Waals surface area contributed by atoms with E-state index in [4.69, 9.17) is 5.73 Å². The molecule has 0 saturated heterocycles. The molecule has 3 nitrogen and oxygen atoms in total. The van der Waals surface area contributed by atoms with E-state index >= 15 is 0 Å². The fourth-order valence-electron chi connectivity index (χ4n) is 0.458. The van der Waals surface area contributed by atoms with Crippen LogP contribution in [-0.4, -0.2) is 16.3 Å². The van der Waals surface area contributed by atoms with Crippen LogP contribution >= 0.6 is 11.8 Å². The van der Waals surface area contributed by atoms with Crippen molar-refractivity contribution in [3.63, 3.8) is 0 Å². The van der Waals surface area contributed by atoms with Crippen LogP contribution in [0.1, 0.15) is 6.92 Å². The van der Waals surface area contributed by atoms with E-state index in [9.17, 15) is 4.79 Å². The molecule has 44 valence electrons. The molecule has 1 rings (SSSR count). The van der Waals surface area contributed by atoms with Gasteiger partial charge >= 0.3 is 0 Å². The summed E-state index contributed by atoms with van der Waals surface area (Å²) in [6.07, 6.45) is 0. The van der Waals surface area contributed by atoms with Crippen molar-refractivity contribution < 1.29 is 4.79 Å². The Bertz CT molecular complexity index is 154. The second-order valence-corrected chi connectivity index (χ2v) is 2.59. The summed E-state index contributed by atoms with van der Waals surface area (Å²) >= 11 is 1.02. The fraction of sp³-hybridized carbons (Fsp3) is 0.500. The Morgan fingerprint density at radius 2 is 2.50 bits per heavy atom. The van der Waals surface area contributed by atoms with Gasteiger partial charge < -0.3 is 5.73 Å². The number of nitrogens with two attached hydrogens (primary N) is 1. The first-order chi connectivity index (χ1) is 3.70. The average Bonchev–Trinajstić information content (AvgIpc) is 1.85. The van der Waals surface area contributed by atoms with Crippen LogP contribution in [0.15, 0.2) is 4.99 Å². The molecule has 0 aromatic rings. The Labute approximate surface area is 51.3 Å². The molecule has 0 fully saturated rings. The quantitative estimate of drug-likeness (QED) is 0.500. The lowest BCUT2D eigenvalue weighted by atomic mass is 10.4. The SMILES string of the molecule is CC1N=C(N)SC1=O. The first kappa shape index (κ1) is 5.62. The van der Waals surface area contributed by atoms with Gasteiger partial charge in [0, 0.05) is 0 Å². The highest BCUT2D eigenvalue weighted by atomic mass is 32.2. The Hall–Kier alpha value is -0.510. The maximum absolute atomic E-state index is 10.6. The maximum atomic E-state index is 10.6. The number of amidine groups is 1. The van der Waals surface area contributed by atoms with Gasteiger partial charge in [-0.3, -0.25) is 9.79 Å². The van der Waals surface area contributed by atoms with Crippen LogP contribution in [0.2, 0.25) is 0 Å². The van der Waals surface area contributed by atoms with Crippen molar-refractivity contribution in [3.8, 4) is 0 Å². The summed E-state index contributed by atoms with van der Waals surface area (Å²) < 4.78 is 0. The highest BCUT2D eigenvalue weighted by Crippen LogP contribution is 2.15. The molecule has 0 saturated carbocycles. The molecule has 1 unspecified atom stereocenters. The third-order valence-corrected chi connectivity index (χ3v) is 1.72. The highest BCUT2D eigenvalue weighted by molar-refractivity contribution is 8.26. The fourth-order valence-corrected chi connectivity index (χ4v) is 1.10. The number of nitrogens with zero attached hydrogens (tertiary/aromatic N) is 1.